The average molecular weight is 580 g/mol. The van der Waals surface area contributed by atoms with Gasteiger partial charge in [0.2, 0.25) is 0 Å². The summed E-state index contributed by atoms with van der Waals surface area (Å²) in [5.41, 5.74) is 4.84. The third-order valence-electron chi connectivity index (χ3n) is 7.17. The van der Waals surface area contributed by atoms with E-state index in [1.807, 2.05) is 17.5 Å². The van der Waals surface area contributed by atoms with Crippen LogP contribution in [0.5, 0.6) is 0 Å². The fraction of sp³-hybridized carbons (Fsp3) is 0.483. The van der Waals surface area contributed by atoms with Gasteiger partial charge in [-0.05, 0) is 65.5 Å². The molecule has 0 bridgehead atoms. The molecule has 1 aliphatic heterocycles. The summed E-state index contributed by atoms with van der Waals surface area (Å²) in [6.45, 7) is 14.0. The number of anilines is 1. The first kappa shape index (κ1) is 28.4. The first-order valence-electron chi connectivity index (χ1n) is 13.0. The first-order valence-corrected chi connectivity index (χ1v) is 16.1. The highest BCUT2D eigenvalue weighted by Gasteiger charge is 2.36. The number of hydrogen-bond donors (Lipinski definition) is 0. The second-order valence-electron chi connectivity index (χ2n) is 10.9. The molecule has 1 fully saturated rings. The molecule has 1 aliphatic rings. The van der Waals surface area contributed by atoms with Crippen molar-refractivity contribution in [3.63, 3.8) is 0 Å². The van der Waals surface area contributed by atoms with Crippen LogP contribution in [0, 0.1) is 0 Å². The minimum atomic E-state index is -3.48. The zero-order chi connectivity index (χ0) is 27.1. The normalized spacial score (nSPS) is 15.4. The molecule has 0 aliphatic carbocycles. The van der Waals surface area contributed by atoms with Crippen molar-refractivity contribution >= 4 is 49.5 Å². The summed E-state index contributed by atoms with van der Waals surface area (Å²) in [6, 6.07) is 9.67. The van der Waals surface area contributed by atoms with Gasteiger partial charge in [-0.1, -0.05) is 76.9 Å². The molecule has 37 heavy (non-hydrogen) atoms. The molecular weight excluding hydrogens is 543 g/mol. The fourth-order valence-electron chi connectivity index (χ4n) is 4.99. The van der Waals surface area contributed by atoms with Gasteiger partial charge in [-0.15, -0.1) is 11.3 Å². The number of rotatable bonds is 7. The Kier molecular flexibility index (Phi) is 8.64. The Morgan fingerprint density at radius 2 is 1.41 bits per heavy atom. The van der Waals surface area contributed by atoms with E-state index in [1.54, 1.807) is 17.4 Å². The van der Waals surface area contributed by atoms with Crippen molar-refractivity contribution < 1.29 is 8.42 Å². The van der Waals surface area contributed by atoms with E-state index >= 15 is 0 Å². The van der Waals surface area contributed by atoms with E-state index in [2.05, 4.69) is 58.6 Å². The molecule has 4 rings (SSSR count). The van der Waals surface area contributed by atoms with Gasteiger partial charge >= 0.3 is 0 Å². The topological polar surface area (TPSA) is 50.3 Å². The van der Waals surface area contributed by atoms with Gasteiger partial charge < -0.3 is 4.90 Å². The summed E-state index contributed by atoms with van der Waals surface area (Å²) in [5, 5.41) is 3.65. The molecular formula is C29H36Cl2N2O2S2. The van der Waals surface area contributed by atoms with Crippen LogP contribution in [0.25, 0.3) is 11.3 Å². The van der Waals surface area contributed by atoms with E-state index in [-0.39, 0.29) is 11.8 Å². The number of benzene rings is 2. The Morgan fingerprint density at radius 3 is 1.89 bits per heavy atom. The number of piperidine rings is 1. The molecule has 2 heterocycles. The van der Waals surface area contributed by atoms with Gasteiger partial charge in [0.1, 0.15) is 0 Å². The van der Waals surface area contributed by atoms with Crippen LogP contribution in [0.3, 0.4) is 0 Å². The van der Waals surface area contributed by atoms with Gasteiger partial charge in [-0.2, -0.15) is 0 Å². The van der Waals surface area contributed by atoms with E-state index < -0.39 is 15.1 Å². The smallest absolute Gasteiger partial charge is 0.185 e. The summed E-state index contributed by atoms with van der Waals surface area (Å²) in [4.78, 5) is 7.58. The van der Waals surface area contributed by atoms with Crippen LogP contribution >= 0.6 is 34.5 Å². The van der Waals surface area contributed by atoms with E-state index in [0.717, 1.165) is 27.5 Å². The SMILES string of the molecule is CC(C)c1cc(C(C)C)c(S(=O)(=O)C2CCN(c3nc(-c4cc(Cl)cc(Cl)c4)cs3)CC2)c(C(C)C)c1. The standard InChI is InChI=1S/C29H36Cl2N2O2S2/c1-17(2)20-13-25(18(3)4)28(26(14-20)19(5)6)37(34,35)24-7-9-33(10-8-24)29-32-27(16-36-29)21-11-22(30)15-23(31)12-21/h11-19,24H,7-10H2,1-6H3. The maximum Gasteiger partial charge on any atom is 0.185 e. The largest absolute Gasteiger partial charge is 0.348 e. The molecule has 1 saturated heterocycles. The van der Waals surface area contributed by atoms with Gasteiger partial charge in [0.05, 0.1) is 15.8 Å². The number of sulfone groups is 1. The van der Waals surface area contributed by atoms with Crippen molar-refractivity contribution in [1.82, 2.24) is 4.98 Å². The lowest BCUT2D eigenvalue weighted by Crippen LogP contribution is -2.39. The van der Waals surface area contributed by atoms with E-state index in [1.165, 1.54) is 5.56 Å². The van der Waals surface area contributed by atoms with Crippen molar-refractivity contribution in [3.05, 3.63) is 62.4 Å². The van der Waals surface area contributed by atoms with E-state index in [9.17, 15) is 8.42 Å². The lowest BCUT2D eigenvalue weighted by molar-refractivity contribution is 0.526. The second-order valence-corrected chi connectivity index (χ2v) is 14.8. The number of thiazole rings is 1. The van der Waals surface area contributed by atoms with Crippen molar-refractivity contribution in [2.75, 3.05) is 18.0 Å². The molecule has 8 heteroatoms. The van der Waals surface area contributed by atoms with Crippen LogP contribution in [0.1, 0.15) is 88.8 Å². The van der Waals surface area contributed by atoms with Crippen molar-refractivity contribution in [2.24, 2.45) is 0 Å². The number of halogens is 2. The predicted octanol–water partition coefficient (Wildman–Crippen LogP) is 8.93. The van der Waals surface area contributed by atoms with Crippen LogP contribution in [0.2, 0.25) is 10.0 Å². The number of aromatic nitrogens is 1. The number of nitrogens with zero attached hydrogens (tertiary/aromatic N) is 2. The maximum absolute atomic E-state index is 14.2. The van der Waals surface area contributed by atoms with Crippen molar-refractivity contribution in [2.45, 2.75) is 82.3 Å². The molecule has 0 atom stereocenters. The molecule has 200 valence electrons. The first-order chi connectivity index (χ1) is 17.4. The highest BCUT2D eigenvalue weighted by Crippen LogP contribution is 2.39. The summed E-state index contributed by atoms with van der Waals surface area (Å²) < 4.78 is 28.3. The molecule has 0 saturated carbocycles. The quantitative estimate of drug-likeness (QED) is 0.280. The summed E-state index contributed by atoms with van der Waals surface area (Å²) >= 11 is 13.9. The monoisotopic (exact) mass is 578 g/mol. The summed E-state index contributed by atoms with van der Waals surface area (Å²) in [7, 11) is -3.48. The van der Waals surface area contributed by atoms with Gasteiger partial charge in [0, 0.05) is 34.1 Å². The second kappa shape index (κ2) is 11.3. The fourth-order valence-corrected chi connectivity index (χ4v) is 8.81. The zero-order valence-electron chi connectivity index (χ0n) is 22.4. The molecule has 4 nitrogen and oxygen atoms in total. The van der Waals surface area contributed by atoms with Crippen LogP contribution in [0.15, 0.2) is 40.6 Å². The Balaban J connectivity index is 1.58. The van der Waals surface area contributed by atoms with Crippen molar-refractivity contribution in [3.8, 4) is 11.3 Å². The Bertz CT molecular complexity index is 1320. The highest BCUT2D eigenvalue weighted by molar-refractivity contribution is 7.92. The maximum atomic E-state index is 14.2. The van der Waals surface area contributed by atoms with E-state index in [4.69, 9.17) is 28.2 Å². The predicted molar refractivity (Wildman–Crippen MR) is 159 cm³/mol. The van der Waals surface area contributed by atoms with Gasteiger partial charge in [0.25, 0.3) is 0 Å². The van der Waals surface area contributed by atoms with Crippen LogP contribution in [-0.2, 0) is 9.84 Å². The number of hydrogen-bond acceptors (Lipinski definition) is 5. The molecule has 0 amide bonds. The van der Waals surface area contributed by atoms with Gasteiger partial charge in [-0.25, -0.2) is 13.4 Å². The van der Waals surface area contributed by atoms with Gasteiger partial charge in [0.15, 0.2) is 15.0 Å². The molecule has 1 aromatic heterocycles. The lowest BCUT2D eigenvalue weighted by Gasteiger charge is -2.33. The lowest BCUT2D eigenvalue weighted by atomic mass is 9.89. The van der Waals surface area contributed by atoms with Crippen LogP contribution < -0.4 is 4.90 Å². The molecule has 0 spiro atoms. The highest BCUT2D eigenvalue weighted by atomic mass is 35.5. The van der Waals surface area contributed by atoms with Gasteiger partial charge in [-0.3, -0.25) is 0 Å². The Hall–Kier alpha value is -1.60. The minimum Gasteiger partial charge on any atom is -0.348 e. The third kappa shape index (κ3) is 6.03. The molecule has 0 N–H and O–H groups in total. The van der Waals surface area contributed by atoms with E-state index in [0.29, 0.717) is 46.8 Å². The van der Waals surface area contributed by atoms with Crippen LogP contribution in [-0.4, -0.2) is 31.7 Å². The summed E-state index contributed by atoms with van der Waals surface area (Å²) in [6.07, 6.45) is 1.17. The molecule has 0 radical (unpaired) electrons. The Morgan fingerprint density at radius 1 is 0.865 bits per heavy atom. The van der Waals surface area contributed by atoms with Crippen LogP contribution in [0.4, 0.5) is 5.13 Å². The summed E-state index contributed by atoms with van der Waals surface area (Å²) in [5.74, 6) is 0.616. The molecule has 3 aromatic rings. The third-order valence-corrected chi connectivity index (χ3v) is 10.9. The Labute approximate surface area is 236 Å². The minimum absolute atomic E-state index is 0.134. The van der Waals surface area contributed by atoms with Crippen molar-refractivity contribution in [1.29, 1.82) is 0 Å². The zero-order valence-corrected chi connectivity index (χ0v) is 25.5. The molecule has 0 unspecified atom stereocenters. The molecule has 2 aromatic carbocycles. The average Bonchev–Trinajstić information content (AvgIpc) is 3.33.